The molecule has 0 aliphatic carbocycles. The first-order valence-electron chi connectivity index (χ1n) is 13.3. The summed E-state index contributed by atoms with van der Waals surface area (Å²) >= 11 is 0. The van der Waals surface area contributed by atoms with Crippen LogP contribution in [0.5, 0.6) is 11.5 Å². The number of hydrogen-bond acceptors (Lipinski definition) is 11. The highest BCUT2D eigenvalue weighted by Crippen LogP contribution is 2.30. The zero-order valence-corrected chi connectivity index (χ0v) is 24.1. The predicted molar refractivity (Wildman–Crippen MR) is 144 cm³/mol. The van der Waals surface area contributed by atoms with E-state index in [1.54, 1.807) is 32.9 Å². The lowest BCUT2D eigenvalue weighted by Gasteiger charge is -2.31. The monoisotopic (exact) mass is 590 g/mol. The smallest absolute Gasteiger partial charge is 0.331 e. The molecule has 2 aromatic rings. The number of nitrogens with zero attached hydrogens (tertiary/aromatic N) is 1. The number of pyridine rings is 1. The number of carbonyl (C=O) groups excluding carboxylic acids is 4. The number of carbonyl (C=O) groups is 4. The lowest BCUT2D eigenvalue weighted by molar-refractivity contribution is -0.173. The van der Waals surface area contributed by atoms with Gasteiger partial charge in [-0.25, -0.2) is 14.2 Å². The van der Waals surface area contributed by atoms with Crippen LogP contribution in [-0.4, -0.2) is 74.2 Å². The molecule has 0 saturated carbocycles. The number of nitrogens with one attached hydrogen (secondary N) is 1. The number of amides is 1. The number of methoxy groups -OCH3 is 1. The van der Waals surface area contributed by atoms with E-state index in [1.807, 2.05) is 0 Å². The van der Waals surface area contributed by atoms with Gasteiger partial charge in [-0.05, 0) is 31.0 Å². The van der Waals surface area contributed by atoms with Crippen molar-refractivity contribution in [2.75, 3.05) is 27.1 Å². The Morgan fingerprint density at radius 1 is 1.14 bits per heavy atom. The van der Waals surface area contributed by atoms with E-state index in [9.17, 15) is 23.6 Å². The van der Waals surface area contributed by atoms with E-state index in [0.717, 1.165) is 5.56 Å². The van der Waals surface area contributed by atoms with Gasteiger partial charge in [0, 0.05) is 25.1 Å². The number of benzene rings is 1. The maximum absolute atomic E-state index is 13.5. The zero-order chi connectivity index (χ0) is 30.8. The Bertz CT molecular complexity index is 1250. The second-order valence-corrected chi connectivity index (χ2v) is 9.94. The third kappa shape index (κ3) is 8.87. The Morgan fingerprint density at radius 3 is 2.50 bits per heavy atom. The molecule has 42 heavy (non-hydrogen) atoms. The lowest BCUT2D eigenvalue weighted by atomic mass is 9.91. The van der Waals surface area contributed by atoms with Crippen molar-refractivity contribution >= 4 is 23.8 Å². The van der Waals surface area contributed by atoms with E-state index < -0.39 is 66.5 Å². The summed E-state index contributed by atoms with van der Waals surface area (Å²) in [6.07, 6.45) is -0.152. The molecule has 1 saturated heterocycles. The SMILES string of the molecule is COc1ccnc(C(=O)N[C@H]2COC[C@H](Cc3ccc(F)cc3)[C@@H](OC(=O)C(C)C)[C@H](C)OC2=O)c1OCOC(C)=O. The Labute approximate surface area is 242 Å². The van der Waals surface area contributed by atoms with Crippen molar-refractivity contribution < 1.29 is 52.0 Å². The molecule has 0 radical (unpaired) electrons. The average Bonchev–Trinajstić information content (AvgIpc) is 2.99. The molecule has 1 amide bonds. The van der Waals surface area contributed by atoms with E-state index in [4.69, 9.17) is 28.4 Å². The summed E-state index contributed by atoms with van der Waals surface area (Å²) in [5, 5.41) is 2.54. The standard InChI is InChI=1S/C29H35FN2O10/c1-16(2)28(35)42-25-17(3)41-29(36)22(14-38-13-20(25)12-19-6-8-21(30)9-7-19)32-27(34)24-26(40-15-39-18(4)33)23(37-5)10-11-31-24/h6-11,16-17,20,22,25H,12-15H2,1-5H3,(H,32,34)/t17-,20-,22-,25-/m0/s1. The van der Waals surface area contributed by atoms with Crippen LogP contribution in [0, 0.1) is 17.7 Å². The normalized spacial score (nSPS) is 20.8. The van der Waals surface area contributed by atoms with Gasteiger partial charge in [0.05, 0.1) is 26.2 Å². The fourth-order valence-corrected chi connectivity index (χ4v) is 4.17. The highest BCUT2D eigenvalue weighted by Gasteiger charge is 2.38. The number of cyclic esters (lactones) is 1. The minimum Gasteiger partial charge on any atom is -0.493 e. The Morgan fingerprint density at radius 2 is 1.86 bits per heavy atom. The third-order valence-corrected chi connectivity index (χ3v) is 6.34. The summed E-state index contributed by atoms with van der Waals surface area (Å²) in [5.41, 5.74) is 0.531. The number of aromatic nitrogens is 1. The van der Waals surface area contributed by atoms with Crippen molar-refractivity contribution in [3.63, 3.8) is 0 Å². The molecule has 1 aromatic carbocycles. The molecule has 1 aromatic heterocycles. The molecular formula is C29H35FN2O10. The molecule has 0 bridgehead atoms. The van der Waals surface area contributed by atoms with Crippen LogP contribution in [0.1, 0.15) is 43.7 Å². The van der Waals surface area contributed by atoms with Gasteiger partial charge in [-0.3, -0.25) is 14.4 Å². The second-order valence-electron chi connectivity index (χ2n) is 9.94. The number of ether oxygens (including phenoxy) is 6. The van der Waals surface area contributed by atoms with Gasteiger partial charge in [-0.2, -0.15) is 0 Å². The largest absolute Gasteiger partial charge is 0.493 e. The van der Waals surface area contributed by atoms with Crippen LogP contribution in [0.4, 0.5) is 4.39 Å². The molecule has 12 nitrogen and oxygen atoms in total. The summed E-state index contributed by atoms with van der Waals surface area (Å²) in [6, 6.07) is 6.06. The molecule has 1 aliphatic rings. The van der Waals surface area contributed by atoms with Gasteiger partial charge in [0.1, 0.15) is 18.0 Å². The first-order chi connectivity index (χ1) is 20.0. The molecule has 228 valence electrons. The van der Waals surface area contributed by atoms with Crippen LogP contribution < -0.4 is 14.8 Å². The van der Waals surface area contributed by atoms with Crippen LogP contribution >= 0.6 is 0 Å². The first-order valence-corrected chi connectivity index (χ1v) is 13.3. The molecule has 13 heteroatoms. The van der Waals surface area contributed by atoms with Crippen molar-refractivity contribution in [3.8, 4) is 11.5 Å². The van der Waals surface area contributed by atoms with E-state index in [1.165, 1.54) is 38.4 Å². The van der Waals surface area contributed by atoms with Gasteiger partial charge < -0.3 is 33.7 Å². The fourth-order valence-electron chi connectivity index (χ4n) is 4.17. The van der Waals surface area contributed by atoms with Crippen molar-refractivity contribution in [3.05, 3.63) is 53.6 Å². The lowest BCUT2D eigenvalue weighted by Crippen LogP contribution is -2.47. The van der Waals surface area contributed by atoms with Crippen molar-refractivity contribution in [1.82, 2.24) is 10.3 Å². The first kappa shape index (κ1) is 32.3. The van der Waals surface area contributed by atoms with Gasteiger partial charge in [-0.1, -0.05) is 26.0 Å². The number of rotatable bonds is 10. The molecule has 3 rings (SSSR count). The highest BCUT2D eigenvalue weighted by molar-refractivity contribution is 5.98. The van der Waals surface area contributed by atoms with Crippen molar-refractivity contribution in [2.24, 2.45) is 11.8 Å². The third-order valence-electron chi connectivity index (χ3n) is 6.34. The van der Waals surface area contributed by atoms with Crippen LogP contribution in [0.3, 0.4) is 0 Å². The van der Waals surface area contributed by atoms with Gasteiger partial charge in [-0.15, -0.1) is 0 Å². The van der Waals surface area contributed by atoms with Crippen LogP contribution in [-0.2, 0) is 39.8 Å². The van der Waals surface area contributed by atoms with Crippen LogP contribution in [0.15, 0.2) is 36.5 Å². The maximum Gasteiger partial charge on any atom is 0.331 e. The summed E-state index contributed by atoms with van der Waals surface area (Å²) in [7, 11) is 1.35. The molecular weight excluding hydrogens is 555 g/mol. The Hall–Kier alpha value is -4.26. The minimum atomic E-state index is -1.26. The van der Waals surface area contributed by atoms with Crippen LogP contribution in [0.2, 0.25) is 0 Å². The zero-order valence-electron chi connectivity index (χ0n) is 24.1. The van der Waals surface area contributed by atoms with Gasteiger partial charge in [0.25, 0.3) is 5.91 Å². The van der Waals surface area contributed by atoms with Crippen LogP contribution in [0.25, 0.3) is 0 Å². The quantitative estimate of drug-likeness (QED) is 0.247. The van der Waals surface area contributed by atoms with E-state index in [2.05, 4.69) is 10.3 Å². The molecule has 0 spiro atoms. The topological polar surface area (TPSA) is 149 Å². The van der Waals surface area contributed by atoms with E-state index in [-0.39, 0.29) is 30.4 Å². The highest BCUT2D eigenvalue weighted by atomic mass is 19.1. The van der Waals surface area contributed by atoms with E-state index >= 15 is 0 Å². The molecule has 4 atom stereocenters. The predicted octanol–water partition coefficient (Wildman–Crippen LogP) is 2.62. The van der Waals surface area contributed by atoms with Gasteiger partial charge in [0.2, 0.25) is 6.79 Å². The molecule has 1 fully saturated rings. The fraction of sp³-hybridized carbons (Fsp3) is 0.483. The molecule has 2 heterocycles. The van der Waals surface area contributed by atoms with Crippen molar-refractivity contribution in [2.45, 2.75) is 52.4 Å². The summed E-state index contributed by atoms with van der Waals surface area (Å²) < 4.78 is 46.2. The molecule has 1 aliphatic heterocycles. The average molecular weight is 591 g/mol. The number of esters is 3. The summed E-state index contributed by atoms with van der Waals surface area (Å²) in [6.45, 7) is 5.41. The maximum atomic E-state index is 13.5. The number of halogens is 1. The van der Waals surface area contributed by atoms with E-state index in [0.29, 0.717) is 6.42 Å². The molecule has 0 unspecified atom stereocenters. The minimum absolute atomic E-state index is 0.0366. The van der Waals surface area contributed by atoms with Gasteiger partial charge in [0.15, 0.2) is 23.2 Å². The summed E-state index contributed by atoms with van der Waals surface area (Å²) in [4.78, 5) is 54.2. The number of hydrogen-bond donors (Lipinski definition) is 1. The second kappa shape index (κ2) is 15.1. The summed E-state index contributed by atoms with van der Waals surface area (Å²) in [5.74, 6) is -3.97. The van der Waals surface area contributed by atoms with Gasteiger partial charge >= 0.3 is 17.9 Å². The Balaban J connectivity index is 1.82. The molecule has 1 N–H and O–H groups in total. The Kier molecular flexibility index (Phi) is 11.6. The van der Waals surface area contributed by atoms with Crippen molar-refractivity contribution in [1.29, 1.82) is 0 Å².